The van der Waals surface area contributed by atoms with Crippen LogP contribution >= 0.6 is 0 Å². The lowest BCUT2D eigenvalue weighted by molar-refractivity contribution is 0.193. The Hall–Kier alpha value is -1.72. The van der Waals surface area contributed by atoms with Gasteiger partial charge in [0.15, 0.2) is 5.82 Å². The van der Waals surface area contributed by atoms with Crippen molar-refractivity contribution in [2.24, 2.45) is 0 Å². The van der Waals surface area contributed by atoms with Crippen molar-refractivity contribution >= 4 is 0 Å². The summed E-state index contributed by atoms with van der Waals surface area (Å²) in [5, 5.41) is 8.32. The molecule has 0 spiro atoms. The Labute approximate surface area is 130 Å². The molecule has 2 aliphatic rings. The predicted octanol–water partition coefficient (Wildman–Crippen LogP) is 2.08. The summed E-state index contributed by atoms with van der Waals surface area (Å²) in [4.78, 5) is 4.80. The molecular formula is C17H22N4O. The molecule has 1 aliphatic heterocycles. The molecule has 1 N–H and O–H groups in total. The Bertz CT molecular complexity index is 615. The molecule has 0 amide bonds. The molecule has 1 aromatic heterocycles. The van der Waals surface area contributed by atoms with E-state index in [1.807, 2.05) is 6.07 Å². The summed E-state index contributed by atoms with van der Waals surface area (Å²) >= 11 is 0. The Morgan fingerprint density at radius 1 is 1.18 bits per heavy atom. The molecule has 116 valence electrons. The number of ether oxygens (including phenoxy) is 1. The van der Waals surface area contributed by atoms with Gasteiger partial charge in [-0.3, -0.25) is 0 Å². The molecule has 1 aliphatic carbocycles. The fourth-order valence-electron chi connectivity index (χ4n) is 2.84. The molecule has 2 aromatic rings. The van der Waals surface area contributed by atoms with Crippen LogP contribution < -0.4 is 5.32 Å². The van der Waals surface area contributed by atoms with Crippen LogP contribution in [0.3, 0.4) is 0 Å². The minimum absolute atomic E-state index is 0.358. The van der Waals surface area contributed by atoms with Crippen LogP contribution in [0.25, 0.3) is 0 Å². The number of hydrogen-bond donors (Lipinski definition) is 1. The van der Waals surface area contributed by atoms with E-state index in [9.17, 15) is 0 Å². The van der Waals surface area contributed by atoms with Gasteiger partial charge in [-0.15, -0.1) is 0 Å². The van der Waals surface area contributed by atoms with Crippen LogP contribution in [0, 0.1) is 0 Å². The molecule has 22 heavy (non-hydrogen) atoms. The van der Waals surface area contributed by atoms with Gasteiger partial charge in [-0.05, 0) is 24.8 Å². The molecule has 5 nitrogen and oxygen atoms in total. The predicted molar refractivity (Wildman–Crippen MR) is 83.6 cm³/mol. The molecule has 1 aromatic carbocycles. The average Bonchev–Trinajstić information content (AvgIpc) is 3.06. The van der Waals surface area contributed by atoms with Gasteiger partial charge in [0.25, 0.3) is 0 Å². The van der Waals surface area contributed by atoms with E-state index in [0.29, 0.717) is 12.0 Å². The summed E-state index contributed by atoms with van der Waals surface area (Å²) in [5.74, 6) is 2.34. The van der Waals surface area contributed by atoms with Crippen LogP contribution in [-0.2, 0) is 17.8 Å². The van der Waals surface area contributed by atoms with Crippen LogP contribution in [0.5, 0.6) is 0 Å². The quantitative estimate of drug-likeness (QED) is 0.887. The van der Waals surface area contributed by atoms with Gasteiger partial charge in [0.2, 0.25) is 0 Å². The monoisotopic (exact) mass is 298 g/mol. The Kier molecular flexibility index (Phi) is 3.91. The van der Waals surface area contributed by atoms with E-state index in [0.717, 1.165) is 44.4 Å². The Morgan fingerprint density at radius 3 is 2.77 bits per heavy atom. The van der Waals surface area contributed by atoms with Crippen molar-refractivity contribution in [1.29, 1.82) is 0 Å². The molecule has 4 rings (SSSR count). The van der Waals surface area contributed by atoms with Crippen LogP contribution in [0.15, 0.2) is 30.3 Å². The summed E-state index contributed by atoms with van der Waals surface area (Å²) in [7, 11) is 0. The molecule has 0 unspecified atom stereocenters. The van der Waals surface area contributed by atoms with Crippen molar-refractivity contribution in [3.05, 3.63) is 47.5 Å². The first-order chi connectivity index (χ1) is 10.9. The molecule has 2 fully saturated rings. The summed E-state index contributed by atoms with van der Waals surface area (Å²) in [6.45, 7) is 3.17. The van der Waals surface area contributed by atoms with Crippen molar-refractivity contribution in [1.82, 2.24) is 20.1 Å². The van der Waals surface area contributed by atoms with Gasteiger partial charge in [-0.2, -0.15) is 5.10 Å². The van der Waals surface area contributed by atoms with E-state index in [4.69, 9.17) is 14.8 Å². The second kappa shape index (κ2) is 6.18. The molecule has 0 radical (unpaired) electrons. The highest BCUT2D eigenvalue weighted by Crippen LogP contribution is 2.23. The first-order valence-electron chi connectivity index (χ1n) is 8.17. The van der Waals surface area contributed by atoms with Gasteiger partial charge in [-0.25, -0.2) is 9.67 Å². The summed E-state index contributed by atoms with van der Waals surface area (Å²) < 4.78 is 7.54. The summed E-state index contributed by atoms with van der Waals surface area (Å²) in [6.07, 6.45) is 3.61. The van der Waals surface area contributed by atoms with E-state index in [1.165, 1.54) is 18.4 Å². The van der Waals surface area contributed by atoms with Gasteiger partial charge >= 0.3 is 0 Å². The highest BCUT2D eigenvalue weighted by Gasteiger charge is 2.25. The molecule has 1 atom stereocenters. The van der Waals surface area contributed by atoms with Crippen molar-refractivity contribution in [3.63, 3.8) is 0 Å². The van der Waals surface area contributed by atoms with Gasteiger partial charge in [0, 0.05) is 18.6 Å². The first kappa shape index (κ1) is 13.9. The minimum atomic E-state index is 0.358. The van der Waals surface area contributed by atoms with E-state index in [-0.39, 0.29) is 0 Å². The fourth-order valence-corrected chi connectivity index (χ4v) is 2.84. The third kappa shape index (κ3) is 3.20. The van der Waals surface area contributed by atoms with Crippen molar-refractivity contribution in [2.75, 3.05) is 13.2 Å². The zero-order valence-corrected chi connectivity index (χ0v) is 12.7. The van der Waals surface area contributed by atoms with E-state index in [2.05, 4.69) is 34.3 Å². The van der Waals surface area contributed by atoms with E-state index in [1.54, 1.807) is 0 Å². The Morgan fingerprint density at radius 2 is 2.05 bits per heavy atom. The van der Waals surface area contributed by atoms with Crippen LogP contribution in [0.2, 0.25) is 0 Å². The lowest BCUT2D eigenvalue weighted by atomic mass is 10.1. The molecule has 1 saturated heterocycles. The van der Waals surface area contributed by atoms with Crippen molar-refractivity contribution < 1.29 is 4.74 Å². The minimum Gasteiger partial charge on any atom is -0.381 e. The maximum Gasteiger partial charge on any atom is 0.156 e. The smallest absolute Gasteiger partial charge is 0.156 e. The topological polar surface area (TPSA) is 52.0 Å². The van der Waals surface area contributed by atoms with Gasteiger partial charge < -0.3 is 10.1 Å². The number of hydrogen-bond acceptors (Lipinski definition) is 4. The standard InChI is InChI=1S/C17H22N4O/c1-2-4-13(5-3-1)11-21-16(10-18-15-6-7-15)19-17(20-21)14-8-9-22-12-14/h1-5,14-15,18H,6-12H2/t14-/m1/s1. The van der Waals surface area contributed by atoms with Crippen molar-refractivity contribution in [2.45, 2.75) is 44.3 Å². The average molecular weight is 298 g/mol. The molecule has 5 heteroatoms. The first-order valence-corrected chi connectivity index (χ1v) is 8.17. The van der Waals surface area contributed by atoms with Gasteiger partial charge in [0.05, 0.1) is 19.7 Å². The fraction of sp³-hybridized carbons (Fsp3) is 0.529. The molecule has 0 bridgehead atoms. The Balaban J connectivity index is 1.55. The number of nitrogens with one attached hydrogen (secondary N) is 1. The lowest BCUT2D eigenvalue weighted by Gasteiger charge is -2.06. The highest BCUT2D eigenvalue weighted by molar-refractivity contribution is 5.15. The summed E-state index contributed by atoms with van der Waals surface area (Å²) in [6, 6.07) is 11.1. The normalized spacial score (nSPS) is 21.4. The maximum atomic E-state index is 5.48. The third-order valence-electron chi connectivity index (χ3n) is 4.36. The number of rotatable bonds is 6. The van der Waals surface area contributed by atoms with Gasteiger partial charge in [-0.1, -0.05) is 30.3 Å². The molecular weight excluding hydrogens is 276 g/mol. The van der Waals surface area contributed by atoms with Crippen LogP contribution in [0.4, 0.5) is 0 Å². The molecule has 2 heterocycles. The second-order valence-electron chi connectivity index (χ2n) is 6.25. The largest absolute Gasteiger partial charge is 0.381 e. The SMILES string of the molecule is c1ccc(Cn2nc([C@@H]3CCOC3)nc2CNC2CC2)cc1. The zero-order valence-electron chi connectivity index (χ0n) is 12.7. The highest BCUT2D eigenvalue weighted by atomic mass is 16.5. The van der Waals surface area contributed by atoms with Crippen LogP contribution in [0.1, 0.15) is 42.4 Å². The number of benzene rings is 1. The zero-order chi connectivity index (χ0) is 14.8. The molecule has 1 saturated carbocycles. The lowest BCUT2D eigenvalue weighted by Crippen LogP contribution is -2.19. The van der Waals surface area contributed by atoms with Crippen molar-refractivity contribution in [3.8, 4) is 0 Å². The van der Waals surface area contributed by atoms with E-state index >= 15 is 0 Å². The maximum absolute atomic E-state index is 5.48. The van der Waals surface area contributed by atoms with E-state index < -0.39 is 0 Å². The van der Waals surface area contributed by atoms with Crippen LogP contribution in [-0.4, -0.2) is 34.0 Å². The second-order valence-corrected chi connectivity index (χ2v) is 6.25. The summed E-state index contributed by atoms with van der Waals surface area (Å²) in [5.41, 5.74) is 1.26. The van der Waals surface area contributed by atoms with Gasteiger partial charge in [0.1, 0.15) is 5.82 Å². The third-order valence-corrected chi connectivity index (χ3v) is 4.36. The number of nitrogens with zero attached hydrogens (tertiary/aromatic N) is 3. The number of aromatic nitrogens is 3.